The van der Waals surface area contributed by atoms with Crippen molar-refractivity contribution in [3.63, 3.8) is 0 Å². The van der Waals surface area contributed by atoms with Crippen molar-refractivity contribution in [3.8, 4) is 0 Å². The monoisotopic (exact) mass is 222 g/mol. The van der Waals surface area contributed by atoms with Gasteiger partial charge in [-0.25, -0.2) is 4.39 Å². The van der Waals surface area contributed by atoms with Gasteiger partial charge < -0.3 is 10.6 Å². The number of anilines is 1. The normalized spacial score (nSPS) is 14.6. The summed E-state index contributed by atoms with van der Waals surface area (Å²) in [7, 11) is 1.61. The van der Waals surface area contributed by atoms with Crippen molar-refractivity contribution >= 4 is 11.6 Å². The molecule has 4 heteroatoms. The molecule has 1 aromatic carbocycles. The second kappa shape index (κ2) is 4.51. The molecule has 0 atom stereocenters. The first-order valence-electron chi connectivity index (χ1n) is 5.47. The minimum Gasteiger partial charge on any atom is -0.385 e. The quantitative estimate of drug-likeness (QED) is 0.818. The van der Waals surface area contributed by atoms with Gasteiger partial charge in [-0.2, -0.15) is 0 Å². The van der Waals surface area contributed by atoms with Gasteiger partial charge in [0.15, 0.2) is 0 Å². The maximum atomic E-state index is 13.4. The number of carbonyl (C=O) groups excluding carboxylic acids is 1. The molecule has 2 N–H and O–H groups in total. The van der Waals surface area contributed by atoms with Gasteiger partial charge in [0.05, 0.1) is 11.3 Å². The lowest BCUT2D eigenvalue weighted by Crippen LogP contribution is -2.26. The van der Waals surface area contributed by atoms with E-state index >= 15 is 0 Å². The Morgan fingerprint density at radius 2 is 2.25 bits per heavy atom. The molecule has 1 fully saturated rings. The Kier molecular flexibility index (Phi) is 3.08. The van der Waals surface area contributed by atoms with Gasteiger partial charge in [0.2, 0.25) is 0 Å². The number of amides is 1. The Bertz CT molecular complexity index is 402. The van der Waals surface area contributed by atoms with Gasteiger partial charge in [0, 0.05) is 13.6 Å². The third-order valence-electron chi connectivity index (χ3n) is 2.76. The van der Waals surface area contributed by atoms with Crippen LogP contribution in [0.3, 0.4) is 0 Å². The number of hydrogen-bond acceptors (Lipinski definition) is 2. The molecule has 86 valence electrons. The van der Waals surface area contributed by atoms with E-state index in [1.807, 2.05) is 0 Å². The third-order valence-corrected chi connectivity index (χ3v) is 2.76. The maximum absolute atomic E-state index is 13.4. The van der Waals surface area contributed by atoms with E-state index in [-0.39, 0.29) is 11.6 Å². The highest BCUT2D eigenvalue weighted by molar-refractivity contribution is 5.99. The Labute approximate surface area is 94.0 Å². The van der Waals surface area contributed by atoms with Crippen molar-refractivity contribution in [2.75, 3.05) is 18.9 Å². The highest BCUT2D eigenvalue weighted by Gasteiger charge is 2.22. The molecule has 3 nitrogen and oxygen atoms in total. The molecular formula is C12H15FN2O. The summed E-state index contributed by atoms with van der Waals surface area (Å²) in [6, 6.07) is 4.50. The zero-order valence-corrected chi connectivity index (χ0v) is 9.22. The summed E-state index contributed by atoms with van der Waals surface area (Å²) in [4.78, 5) is 11.8. The van der Waals surface area contributed by atoms with Gasteiger partial charge >= 0.3 is 0 Å². The second-order valence-corrected chi connectivity index (χ2v) is 4.07. The van der Waals surface area contributed by atoms with E-state index in [1.54, 1.807) is 19.2 Å². The van der Waals surface area contributed by atoms with Crippen LogP contribution in [0.1, 0.15) is 23.2 Å². The molecule has 0 heterocycles. The van der Waals surface area contributed by atoms with E-state index in [2.05, 4.69) is 10.6 Å². The predicted molar refractivity (Wildman–Crippen MR) is 61.0 cm³/mol. The van der Waals surface area contributed by atoms with Crippen LogP contribution >= 0.6 is 0 Å². The zero-order valence-electron chi connectivity index (χ0n) is 9.22. The van der Waals surface area contributed by atoms with Crippen LogP contribution in [0, 0.1) is 11.7 Å². The van der Waals surface area contributed by atoms with Crippen LogP contribution in [0.25, 0.3) is 0 Å². The van der Waals surface area contributed by atoms with E-state index in [0.29, 0.717) is 18.0 Å². The summed E-state index contributed by atoms with van der Waals surface area (Å²) in [5, 5.41) is 5.53. The van der Waals surface area contributed by atoms with Gasteiger partial charge in [0.1, 0.15) is 5.82 Å². The Balaban J connectivity index is 2.11. The summed E-state index contributed by atoms with van der Waals surface area (Å²) in [5.74, 6) is 0.00728. The van der Waals surface area contributed by atoms with Crippen LogP contribution in [0.4, 0.5) is 10.1 Å². The molecule has 1 aliphatic carbocycles. The molecule has 16 heavy (non-hydrogen) atoms. The van der Waals surface area contributed by atoms with Crippen molar-refractivity contribution in [1.29, 1.82) is 0 Å². The molecule has 0 saturated heterocycles. The summed E-state index contributed by atoms with van der Waals surface area (Å²) in [5.41, 5.74) is 0.624. The van der Waals surface area contributed by atoms with Gasteiger partial charge in [-0.3, -0.25) is 4.79 Å². The van der Waals surface area contributed by atoms with Crippen molar-refractivity contribution in [1.82, 2.24) is 5.32 Å². The van der Waals surface area contributed by atoms with Gasteiger partial charge in [-0.05, 0) is 30.9 Å². The SMILES string of the molecule is CNc1c(F)cccc1C(=O)NCC1CC1. The Morgan fingerprint density at radius 1 is 1.50 bits per heavy atom. The molecule has 1 saturated carbocycles. The third kappa shape index (κ3) is 2.32. The lowest BCUT2D eigenvalue weighted by Gasteiger charge is -2.10. The lowest BCUT2D eigenvalue weighted by atomic mass is 10.1. The van der Waals surface area contributed by atoms with E-state index in [9.17, 15) is 9.18 Å². The molecule has 1 amide bonds. The number of carbonyl (C=O) groups is 1. The number of rotatable bonds is 4. The van der Waals surface area contributed by atoms with Crippen LogP contribution < -0.4 is 10.6 Å². The average molecular weight is 222 g/mol. The molecule has 2 rings (SSSR count). The van der Waals surface area contributed by atoms with E-state index in [0.717, 1.165) is 0 Å². The fourth-order valence-corrected chi connectivity index (χ4v) is 1.62. The first-order chi connectivity index (χ1) is 7.72. The number of para-hydroxylation sites is 1. The van der Waals surface area contributed by atoms with Gasteiger partial charge in [-0.1, -0.05) is 6.07 Å². The Morgan fingerprint density at radius 3 is 2.88 bits per heavy atom. The van der Waals surface area contributed by atoms with E-state index < -0.39 is 5.82 Å². The van der Waals surface area contributed by atoms with Gasteiger partial charge in [0.25, 0.3) is 5.91 Å². The van der Waals surface area contributed by atoms with Crippen molar-refractivity contribution in [2.24, 2.45) is 5.92 Å². The first-order valence-corrected chi connectivity index (χ1v) is 5.47. The maximum Gasteiger partial charge on any atom is 0.253 e. The molecule has 0 radical (unpaired) electrons. The molecule has 0 aromatic heterocycles. The molecule has 1 aromatic rings. The topological polar surface area (TPSA) is 41.1 Å². The molecule has 0 spiro atoms. The standard InChI is InChI=1S/C12H15FN2O/c1-14-11-9(3-2-4-10(11)13)12(16)15-7-8-5-6-8/h2-4,8,14H,5-7H2,1H3,(H,15,16). The van der Waals surface area contributed by atoms with Crippen LogP contribution in [0.2, 0.25) is 0 Å². The van der Waals surface area contributed by atoms with Crippen molar-refractivity contribution < 1.29 is 9.18 Å². The van der Waals surface area contributed by atoms with Crippen molar-refractivity contribution in [2.45, 2.75) is 12.8 Å². The van der Waals surface area contributed by atoms with Crippen molar-refractivity contribution in [3.05, 3.63) is 29.6 Å². The predicted octanol–water partition coefficient (Wildman–Crippen LogP) is 2.01. The molecule has 0 aliphatic heterocycles. The summed E-state index contributed by atoms with van der Waals surface area (Å²) < 4.78 is 13.4. The van der Waals surface area contributed by atoms with Crippen LogP contribution in [-0.4, -0.2) is 19.5 Å². The number of benzene rings is 1. The molecular weight excluding hydrogens is 207 g/mol. The fraction of sp³-hybridized carbons (Fsp3) is 0.417. The summed E-state index contributed by atoms with van der Waals surface area (Å²) >= 11 is 0. The minimum atomic E-state index is -0.401. The molecule has 0 bridgehead atoms. The highest BCUT2D eigenvalue weighted by Crippen LogP contribution is 2.28. The largest absolute Gasteiger partial charge is 0.385 e. The molecule has 0 unspecified atom stereocenters. The number of nitrogens with one attached hydrogen (secondary N) is 2. The first kappa shape index (κ1) is 10.9. The number of halogens is 1. The fourth-order valence-electron chi connectivity index (χ4n) is 1.62. The van der Waals surface area contributed by atoms with Crippen LogP contribution in [0.15, 0.2) is 18.2 Å². The lowest BCUT2D eigenvalue weighted by molar-refractivity contribution is 0.0952. The van der Waals surface area contributed by atoms with Crippen LogP contribution in [0.5, 0.6) is 0 Å². The number of hydrogen-bond donors (Lipinski definition) is 2. The van der Waals surface area contributed by atoms with Gasteiger partial charge in [-0.15, -0.1) is 0 Å². The van der Waals surface area contributed by atoms with E-state index in [4.69, 9.17) is 0 Å². The minimum absolute atomic E-state index is 0.212. The highest BCUT2D eigenvalue weighted by atomic mass is 19.1. The van der Waals surface area contributed by atoms with Crippen LogP contribution in [-0.2, 0) is 0 Å². The summed E-state index contributed by atoms with van der Waals surface area (Å²) in [6.07, 6.45) is 2.37. The molecule has 1 aliphatic rings. The Hall–Kier alpha value is -1.58. The van der Waals surface area contributed by atoms with E-state index in [1.165, 1.54) is 18.9 Å². The summed E-state index contributed by atoms with van der Waals surface area (Å²) in [6.45, 7) is 0.693. The average Bonchev–Trinajstić information content (AvgIpc) is 3.09. The smallest absolute Gasteiger partial charge is 0.253 e. The zero-order chi connectivity index (χ0) is 11.5. The second-order valence-electron chi connectivity index (χ2n) is 4.07.